The zero-order valence-corrected chi connectivity index (χ0v) is 14.4. The molecule has 0 saturated heterocycles. The zero-order valence-electron chi connectivity index (χ0n) is 14.4. The molecule has 1 fully saturated rings. The van der Waals surface area contributed by atoms with Crippen molar-refractivity contribution in [3.63, 3.8) is 0 Å². The molecule has 2 aromatic rings. The van der Waals surface area contributed by atoms with Gasteiger partial charge in [0.1, 0.15) is 6.61 Å². The highest BCUT2D eigenvalue weighted by atomic mass is 19.1. The average molecular weight is 342 g/mol. The summed E-state index contributed by atoms with van der Waals surface area (Å²) in [5, 5.41) is 2.98. The number of nitrogens with one attached hydrogen (secondary N) is 1. The Hall–Kier alpha value is -2.40. The van der Waals surface area contributed by atoms with E-state index in [2.05, 4.69) is 10.2 Å². The van der Waals surface area contributed by atoms with Gasteiger partial charge in [-0.2, -0.15) is 0 Å². The van der Waals surface area contributed by atoms with E-state index < -0.39 is 0 Å². The van der Waals surface area contributed by atoms with E-state index in [1.54, 1.807) is 18.2 Å². The second-order valence-corrected chi connectivity index (χ2v) is 6.46. The lowest BCUT2D eigenvalue weighted by Crippen LogP contribution is -2.25. The van der Waals surface area contributed by atoms with Crippen LogP contribution in [0.15, 0.2) is 48.5 Å². The third kappa shape index (κ3) is 5.29. The van der Waals surface area contributed by atoms with Crippen molar-refractivity contribution >= 4 is 5.91 Å². The van der Waals surface area contributed by atoms with E-state index in [4.69, 9.17) is 4.74 Å². The van der Waals surface area contributed by atoms with Gasteiger partial charge in [-0.25, -0.2) is 4.39 Å². The van der Waals surface area contributed by atoms with Gasteiger partial charge in [-0.1, -0.05) is 24.3 Å². The highest BCUT2D eigenvalue weighted by Gasteiger charge is 2.23. The first-order valence-electron chi connectivity index (χ1n) is 8.57. The van der Waals surface area contributed by atoms with Gasteiger partial charge in [0.05, 0.1) is 0 Å². The summed E-state index contributed by atoms with van der Waals surface area (Å²) in [6, 6.07) is 14.4. The van der Waals surface area contributed by atoms with E-state index in [9.17, 15) is 9.18 Å². The van der Waals surface area contributed by atoms with Crippen LogP contribution in [0.25, 0.3) is 0 Å². The summed E-state index contributed by atoms with van der Waals surface area (Å²) in [5.74, 6) is -0.0622. The number of rotatable bonds is 8. The minimum atomic E-state index is -0.342. The number of ether oxygens (including phenoxy) is 1. The summed E-state index contributed by atoms with van der Waals surface area (Å²) >= 11 is 0. The van der Waals surface area contributed by atoms with Crippen molar-refractivity contribution in [2.24, 2.45) is 0 Å². The maximum atomic E-state index is 13.5. The maximum absolute atomic E-state index is 13.5. The molecule has 1 aliphatic rings. The average Bonchev–Trinajstić information content (AvgIpc) is 3.41. The molecule has 132 valence electrons. The number of hydrogen-bond donors (Lipinski definition) is 1. The van der Waals surface area contributed by atoms with Crippen LogP contribution in [0.3, 0.4) is 0 Å². The van der Waals surface area contributed by atoms with Crippen molar-refractivity contribution in [1.82, 2.24) is 10.2 Å². The monoisotopic (exact) mass is 342 g/mol. The molecule has 1 amide bonds. The van der Waals surface area contributed by atoms with Gasteiger partial charge < -0.3 is 10.1 Å². The van der Waals surface area contributed by atoms with Crippen molar-refractivity contribution < 1.29 is 13.9 Å². The first kappa shape index (κ1) is 17.4. The molecule has 0 aliphatic heterocycles. The van der Waals surface area contributed by atoms with Gasteiger partial charge in [0.2, 0.25) is 0 Å². The van der Waals surface area contributed by atoms with E-state index in [0.29, 0.717) is 24.8 Å². The Balaban J connectivity index is 1.43. The summed E-state index contributed by atoms with van der Waals surface area (Å²) in [4.78, 5) is 14.1. The van der Waals surface area contributed by atoms with E-state index in [0.717, 1.165) is 24.9 Å². The summed E-state index contributed by atoms with van der Waals surface area (Å²) < 4.78 is 18.9. The number of halogens is 1. The van der Waals surface area contributed by atoms with E-state index in [-0.39, 0.29) is 17.5 Å². The van der Waals surface area contributed by atoms with Gasteiger partial charge >= 0.3 is 0 Å². The highest BCUT2D eigenvalue weighted by molar-refractivity contribution is 5.94. The van der Waals surface area contributed by atoms with Crippen molar-refractivity contribution in [3.05, 3.63) is 65.5 Å². The van der Waals surface area contributed by atoms with Gasteiger partial charge in [-0.15, -0.1) is 0 Å². The van der Waals surface area contributed by atoms with E-state index in [1.807, 2.05) is 31.3 Å². The Morgan fingerprint density at radius 3 is 2.60 bits per heavy atom. The fourth-order valence-electron chi connectivity index (χ4n) is 2.52. The third-order valence-corrected chi connectivity index (χ3v) is 4.15. The van der Waals surface area contributed by atoms with Crippen LogP contribution in [0.5, 0.6) is 5.75 Å². The lowest BCUT2D eigenvalue weighted by Gasteiger charge is -2.17. The summed E-state index contributed by atoms with van der Waals surface area (Å²) in [7, 11) is 1.98. The van der Waals surface area contributed by atoms with Crippen LogP contribution in [-0.4, -0.2) is 37.0 Å². The first-order chi connectivity index (χ1) is 12.1. The van der Waals surface area contributed by atoms with Gasteiger partial charge in [0.25, 0.3) is 5.91 Å². The largest absolute Gasteiger partial charge is 0.489 e. The van der Waals surface area contributed by atoms with Gasteiger partial charge in [-0.3, -0.25) is 9.69 Å². The van der Waals surface area contributed by atoms with Crippen LogP contribution < -0.4 is 10.1 Å². The van der Waals surface area contributed by atoms with Crippen LogP contribution >= 0.6 is 0 Å². The minimum Gasteiger partial charge on any atom is -0.489 e. The molecule has 0 bridgehead atoms. The number of nitrogens with zero attached hydrogens (tertiary/aromatic N) is 1. The molecule has 25 heavy (non-hydrogen) atoms. The molecule has 1 N–H and O–H groups in total. The molecule has 0 unspecified atom stereocenters. The van der Waals surface area contributed by atoms with Gasteiger partial charge in [0, 0.05) is 24.7 Å². The maximum Gasteiger partial charge on any atom is 0.251 e. The second kappa shape index (κ2) is 8.12. The number of amides is 1. The fraction of sp³-hybridized carbons (Fsp3) is 0.350. The highest BCUT2D eigenvalue weighted by Crippen LogP contribution is 2.19. The molecule has 0 aromatic heterocycles. The second-order valence-electron chi connectivity index (χ2n) is 6.46. The van der Waals surface area contributed by atoms with Crippen LogP contribution in [0.1, 0.15) is 28.8 Å². The fourth-order valence-corrected chi connectivity index (χ4v) is 2.52. The Kier molecular flexibility index (Phi) is 5.66. The topological polar surface area (TPSA) is 41.6 Å². The zero-order chi connectivity index (χ0) is 17.6. The number of likely N-dealkylation sites (N-methyl/N-ethyl adjacent to an activating group) is 1. The molecule has 4 nitrogen and oxygen atoms in total. The van der Waals surface area contributed by atoms with Gasteiger partial charge in [-0.05, 0) is 49.7 Å². The third-order valence-electron chi connectivity index (χ3n) is 4.15. The van der Waals surface area contributed by atoms with Crippen molar-refractivity contribution in [2.75, 3.05) is 20.2 Å². The molecule has 5 heteroatoms. The van der Waals surface area contributed by atoms with Crippen LogP contribution in [-0.2, 0) is 6.54 Å². The normalized spacial score (nSPS) is 13.7. The Bertz CT molecular complexity index is 714. The Morgan fingerprint density at radius 1 is 1.20 bits per heavy atom. The van der Waals surface area contributed by atoms with Crippen molar-refractivity contribution in [2.45, 2.75) is 25.4 Å². The summed E-state index contributed by atoms with van der Waals surface area (Å²) in [6.45, 7) is 1.84. The van der Waals surface area contributed by atoms with E-state index in [1.165, 1.54) is 6.07 Å². The molecule has 0 atom stereocenters. The molecule has 0 spiro atoms. The minimum absolute atomic E-state index is 0.000641. The van der Waals surface area contributed by atoms with Crippen LogP contribution in [0, 0.1) is 5.82 Å². The lowest BCUT2D eigenvalue weighted by atomic mass is 10.1. The summed E-state index contributed by atoms with van der Waals surface area (Å²) in [5.41, 5.74) is 1.82. The summed E-state index contributed by atoms with van der Waals surface area (Å²) in [6.07, 6.45) is 2.17. The molecule has 1 saturated carbocycles. The number of benzene rings is 2. The molecule has 1 aliphatic carbocycles. The standard InChI is InChI=1S/C20H23FN2O2/c1-23(12-13-25-19-5-3-2-4-18(19)21)14-15-6-8-16(9-7-15)20(24)22-17-10-11-17/h2-9,17H,10-14H2,1H3,(H,22,24). The van der Waals surface area contributed by atoms with Crippen molar-refractivity contribution in [3.8, 4) is 5.75 Å². The van der Waals surface area contributed by atoms with Crippen LogP contribution in [0.2, 0.25) is 0 Å². The molecule has 2 aromatic carbocycles. The Morgan fingerprint density at radius 2 is 1.92 bits per heavy atom. The van der Waals surface area contributed by atoms with Crippen LogP contribution in [0.4, 0.5) is 4.39 Å². The number of carbonyl (C=O) groups excluding carboxylic acids is 1. The molecule has 3 rings (SSSR count). The molecule has 0 radical (unpaired) electrons. The van der Waals surface area contributed by atoms with E-state index >= 15 is 0 Å². The van der Waals surface area contributed by atoms with Gasteiger partial charge in [0.15, 0.2) is 11.6 Å². The first-order valence-corrected chi connectivity index (χ1v) is 8.57. The Labute approximate surface area is 147 Å². The molecular weight excluding hydrogens is 319 g/mol. The predicted molar refractivity (Wildman–Crippen MR) is 95.2 cm³/mol. The number of carbonyl (C=O) groups is 1. The lowest BCUT2D eigenvalue weighted by molar-refractivity contribution is 0.0951. The number of para-hydroxylation sites is 1. The smallest absolute Gasteiger partial charge is 0.251 e. The number of hydrogen-bond acceptors (Lipinski definition) is 3. The van der Waals surface area contributed by atoms with Crippen molar-refractivity contribution in [1.29, 1.82) is 0 Å². The SMILES string of the molecule is CN(CCOc1ccccc1F)Cc1ccc(C(=O)NC2CC2)cc1. The quantitative estimate of drug-likeness (QED) is 0.801. The molecular formula is C20H23FN2O2. The molecule has 0 heterocycles. The predicted octanol–water partition coefficient (Wildman–Crippen LogP) is 3.23.